The van der Waals surface area contributed by atoms with Crippen LogP contribution < -0.4 is 0 Å². The van der Waals surface area contributed by atoms with E-state index in [1.807, 2.05) is 0 Å². The Bertz CT molecular complexity index is 704. The smallest absolute Gasteiger partial charge is 0.313 e. The van der Waals surface area contributed by atoms with Gasteiger partial charge in [0.2, 0.25) is 0 Å². The number of carbonyl (C=O) groups is 1. The van der Waals surface area contributed by atoms with E-state index in [4.69, 9.17) is 4.74 Å². The SMILES string of the molecule is C=CCN1C=C(OC(=O)C(C)C)c2ccccc2S1(=O)=O. The Morgan fingerprint density at radius 1 is 1.38 bits per heavy atom. The Labute approximate surface area is 124 Å². The van der Waals surface area contributed by atoms with Gasteiger partial charge < -0.3 is 4.74 Å². The highest BCUT2D eigenvalue weighted by Crippen LogP contribution is 2.33. The van der Waals surface area contributed by atoms with Crippen LogP contribution in [0.2, 0.25) is 0 Å². The van der Waals surface area contributed by atoms with Crippen molar-refractivity contribution < 1.29 is 17.9 Å². The number of hydrogen-bond acceptors (Lipinski definition) is 4. The number of sulfonamides is 1. The molecule has 0 aliphatic carbocycles. The maximum absolute atomic E-state index is 12.5. The van der Waals surface area contributed by atoms with Crippen LogP contribution in [0.5, 0.6) is 0 Å². The van der Waals surface area contributed by atoms with E-state index < -0.39 is 16.0 Å². The molecular weight excluding hydrogens is 290 g/mol. The summed E-state index contributed by atoms with van der Waals surface area (Å²) in [5, 5.41) is 0. The molecule has 1 aromatic rings. The molecule has 0 bridgehead atoms. The zero-order chi connectivity index (χ0) is 15.6. The fourth-order valence-corrected chi connectivity index (χ4v) is 3.36. The summed E-state index contributed by atoms with van der Waals surface area (Å²) in [5.74, 6) is -0.473. The monoisotopic (exact) mass is 307 g/mol. The summed E-state index contributed by atoms with van der Waals surface area (Å²) in [7, 11) is -3.64. The third kappa shape index (κ3) is 2.85. The number of carbonyl (C=O) groups excluding carboxylic acids is 1. The fraction of sp³-hybridized carbons (Fsp3) is 0.267. The van der Waals surface area contributed by atoms with E-state index in [0.29, 0.717) is 5.56 Å². The summed E-state index contributed by atoms with van der Waals surface area (Å²) >= 11 is 0. The van der Waals surface area contributed by atoms with Crippen LogP contribution in [0.4, 0.5) is 0 Å². The van der Waals surface area contributed by atoms with E-state index in [-0.39, 0.29) is 23.1 Å². The minimum atomic E-state index is -3.64. The largest absolute Gasteiger partial charge is 0.424 e. The van der Waals surface area contributed by atoms with Crippen LogP contribution in [-0.2, 0) is 19.6 Å². The van der Waals surface area contributed by atoms with E-state index in [1.165, 1.54) is 18.3 Å². The van der Waals surface area contributed by atoms with Gasteiger partial charge in [0.15, 0.2) is 5.76 Å². The zero-order valence-electron chi connectivity index (χ0n) is 11.9. The maximum atomic E-state index is 12.5. The van der Waals surface area contributed by atoms with Gasteiger partial charge in [-0.3, -0.25) is 9.10 Å². The number of fused-ring (bicyclic) bond motifs is 1. The molecule has 1 aromatic carbocycles. The van der Waals surface area contributed by atoms with E-state index in [1.54, 1.807) is 32.0 Å². The van der Waals surface area contributed by atoms with E-state index in [9.17, 15) is 13.2 Å². The number of hydrogen-bond donors (Lipinski definition) is 0. The first-order chi connectivity index (χ1) is 9.87. The van der Waals surface area contributed by atoms with Crippen molar-refractivity contribution in [3.63, 3.8) is 0 Å². The maximum Gasteiger partial charge on any atom is 0.313 e. The lowest BCUT2D eigenvalue weighted by Crippen LogP contribution is -2.31. The molecule has 0 saturated carbocycles. The number of ether oxygens (including phenoxy) is 1. The minimum absolute atomic E-state index is 0.111. The lowest BCUT2D eigenvalue weighted by Gasteiger charge is -2.27. The Kier molecular flexibility index (Phi) is 4.18. The predicted molar refractivity (Wildman–Crippen MR) is 79.4 cm³/mol. The summed E-state index contributed by atoms with van der Waals surface area (Å²) in [6.45, 7) is 7.09. The van der Waals surface area contributed by atoms with Gasteiger partial charge in [-0.25, -0.2) is 8.42 Å². The number of esters is 1. The fourth-order valence-electron chi connectivity index (χ4n) is 1.88. The van der Waals surface area contributed by atoms with Crippen molar-refractivity contribution in [2.24, 2.45) is 5.92 Å². The van der Waals surface area contributed by atoms with Crippen molar-refractivity contribution in [3.8, 4) is 0 Å². The predicted octanol–water partition coefficient (Wildman–Crippen LogP) is 2.37. The van der Waals surface area contributed by atoms with Gasteiger partial charge in [0.05, 0.1) is 23.6 Å². The molecule has 0 aromatic heterocycles. The first-order valence-corrected chi connectivity index (χ1v) is 7.97. The molecule has 1 aliphatic rings. The van der Waals surface area contributed by atoms with Crippen molar-refractivity contribution in [2.75, 3.05) is 6.54 Å². The highest BCUT2D eigenvalue weighted by Gasteiger charge is 2.32. The molecule has 0 unspecified atom stereocenters. The van der Waals surface area contributed by atoms with Crippen molar-refractivity contribution in [1.82, 2.24) is 4.31 Å². The minimum Gasteiger partial charge on any atom is -0.424 e. The van der Waals surface area contributed by atoms with Gasteiger partial charge in [0.1, 0.15) is 0 Å². The van der Waals surface area contributed by atoms with Crippen molar-refractivity contribution in [3.05, 3.63) is 48.7 Å². The molecule has 0 saturated heterocycles. The topological polar surface area (TPSA) is 63.7 Å². The van der Waals surface area contributed by atoms with E-state index in [2.05, 4.69) is 6.58 Å². The molecule has 0 amide bonds. The van der Waals surface area contributed by atoms with Crippen LogP contribution in [-0.4, -0.2) is 25.2 Å². The summed E-state index contributed by atoms with van der Waals surface area (Å²) in [6.07, 6.45) is 2.81. The van der Waals surface area contributed by atoms with Gasteiger partial charge in [0.25, 0.3) is 10.0 Å². The molecule has 1 aliphatic heterocycles. The zero-order valence-corrected chi connectivity index (χ0v) is 12.8. The van der Waals surface area contributed by atoms with Crippen molar-refractivity contribution >= 4 is 21.8 Å². The highest BCUT2D eigenvalue weighted by atomic mass is 32.2. The lowest BCUT2D eigenvalue weighted by atomic mass is 10.2. The number of nitrogens with zero attached hydrogens (tertiary/aromatic N) is 1. The first kappa shape index (κ1) is 15.3. The Morgan fingerprint density at radius 2 is 2.05 bits per heavy atom. The molecule has 6 heteroatoms. The van der Waals surface area contributed by atoms with Crippen molar-refractivity contribution in [1.29, 1.82) is 0 Å². The average molecular weight is 307 g/mol. The molecule has 5 nitrogen and oxygen atoms in total. The quantitative estimate of drug-likeness (QED) is 0.633. The van der Waals surface area contributed by atoms with Gasteiger partial charge in [0, 0.05) is 5.56 Å². The molecule has 21 heavy (non-hydrogen) atoms. The average Bonchev–Trinajstić information content (AvgIpc) is 2.44. The number of benzene rings is 1. The third-order valence-electron chi connectivity index (χ3n) is 2.99. The molecule has 2 rings (SSSR count). The molecule has 0 atom stereocenters. The van der Waals surface area contributed by atoms with Gasteiger partial charge in [-0.15, -0.1) is 6.58 Å². The standard InChI is InChI=1S/C15H17NO4S/c1-4-9-16-10-13(20-15(17)11(2)3)12-7-5-6-8-14(12)21(16,18)19/h4-8,10-11H,1,9H2,2-3H3. The van der Waals surface area contributed by atoms with Gasteiger partial charge in [-0.1, -0.05) is 32.1 Å². The molecule has 0 radical (unpaired) electrons. The summed E-state index contributed by atoms with van der Waals surface area (Å²) in [4.78, 5) is 11.9. The molecule has 0 fully saturated rings. The van der Waals surface area contributed by atoms with Crippen LogP contribution in [0, 0.1) is 5.92 Å². The second-order valence-electron chi connectivity index (χ2n) is 4.93. The summed E-state index contributed by atoms with van der Waals surface area (Å²) in [5.41, 5.74) is 0.395. The Balaban J connectivity index is 2.53. The lowest BCUT2D eigenvalue weighted by molar-refractivity contribution is -0.140. The second-order valence-corrected chi connectivity index (χ2v) is 6.79. The normalized spacial score (nSPS) is 16.1. The van der Waals surface area contributed by atoms with Crippen LogP contribution >= 0.6 is 0 Å². The van der Waals surface area contributed by atoms with E-state index >= 15 is 0 Å². The van der Waals surface area contributed by atoms with E-state index in [0.717, 1.165) is 4.31 Å². The second kappa shape index (κ2) is 5.73. The van der Waals surface area contributed by atoms with Gasteiger partial charge in [-0.05, 0) is 12.1 Å². The molecule has 112 valence electrons. The Morgan fingerprint density at radius 3 is 2.67 bits per heavy atom. The summed E-state index contributed by atoms with van der Waals surface area (Å²) in [6, 6.07) is 6.46. The van der Waals surface area contributed by atoms with Crippen LogP contribution in [0.1, 0.15) is 19.4 Å². The van der Waals surface area contributed by atoms with Crippen LogP contribution in [0.15, 0.2) is 48.0 Å². The molecular formula is C15H17NO4S. The molecule has 1 heterocycles. The first-order valence-electron chi connectivity index (χ1n) is 6.53. The van der Waals surface area contributed by atoms with Gasteiger partial charge in [-0.2, -0.15) is 0 Å². The van der Waals surface area contributed by atoms with Crippen molar-refractivity contribution in [2.45, 2.75) is 18.7 Å². The van der Waals surface area contributed by atoms with Gasteiger partial charge >= 0.3 is 5.97 Å². The third-order valence-corrected chi connectivity index (χ3v) is 4.78. The van der Waals surface area contributed by atoms with Crippen LogP contribution in [0.3, 0.4) is 0 Å². The summed E-state index contributed by atoms with van der Waals surface area (Å²) < 4.78 is 31.4. The Hall–Kier alpha value is -2.08. The highest BCUT2D eigenvalue weighted by molar-refractivity contribution is 7.89. The number of rotatable bonds is 4. The molecule has 0 N–H and O–H groups in total. The molecule has 0 spiro atoms. The van der Waals surface area contributed by atoms with Crippen LogP contribution in [0.25, 0.3) is 5.76 Å².